The summed E-state index contributed by atoms with van der Waals surface area (Å²) in [6, 6.07) is 0. The molecule has 312 valence electrons. The first-order valence-electron chi connectivity index (χ1n) is 19.7. The minimum Gasteiger partial charge on any atom is -0.394 e. The molecule has 0 spiro atoms. The number of thiol groups is 1. The van der Waals surface area contributed by atoms with Crippen LogP contribution in [0, 0.1) is 11.8 Å². The molecule has 13 nitrogen and oxygen atoms in total. The lowest BCUT2D eigenvalue weighted by atomic mass is 9.81. The van der Waals surface area contributed by atoms with Gasteiger partial charge in [-0.05, 0) is 72.2 Å². The van der Waals surface area contributed by atoms with E-state index in [0.717, 1.165) is 43.1 Å². The van der Waals surface area contributed by atoms with Crippen molar-refractivity contribution in [2.75, 3.05) is 13.7 Å². The average Bonchev–Trinajstić information content (AvgIpc) is 3.70. The average molecular weight is 909 g/mol. The number of aliphatic hydroxyl groups excluding tert-OH is 5. The number of Topliss-reactive ketones (excluding diaryl/α,β-unsaturated/α-hetero) is 1. The molecule has 18 atom stereocenters. The number of ketones is 1. The van der Waals surface area contributed by atoms with Crippen LogP contribution in [0.1, 0.15) is 77.6 Å². The van der Waals surface area contributed by atoms with Crippen molar-refractivity contribution < 1.29 is 63.5 Å². The van der Waals surface area contributed by atoms with Gasteiger partial charge in [0.25, 0.3) is 0 Å². The number of methoxy groups -OCH3 is 1. The second-order valence-corrected chi connectivity index (χ2v) is 17.3. The van der Waals surface area contributed by atoms with Crippen molar-refractivity contribution in [1.29, 1.82) is 0 Å². The Hall–Kier alpha value is -0.800. The van der Waals surface area contributed by atoms with E-state index in [2.05, 4.69) is 20.1 Å². The van der Waals surface area contributed by atoms with Gasteiger partial charge < -0.3 is 58.7 Å². The summed E-state index contributed by atoms with van der Waals surface area (Å²) in [4.78, 5) is 24.9. The van der Waals surface area contributed by atoms with Crippen molar-refractivity contribution in [3.8, 4) is 0 Å². The fourth-order valence-corrected chi connectivity index (χ4v) is 10.0. The number of carbonyl (C=O) groups excluding carboxylic acids is 2. The molecule has 5 aliphatic heterocycles. The van der Waals surface area contributed by atoms with Crippen LogP contribution in [-0.2, 0) is 38.0 Å². The number of fused-ring (bicyclic) bond motifs is 1. The zero-order valence-electron chi connectivity index (χ0n) is 31.9. The molecule has 55 heavy (non-hydrogen) atoms. The van der Waals surface area contributed by atoms with Crippen LogP contribution in [-0.4, -0.2) is 148 Å². The first-order valence-corrected chi connectivity index (χ1v) is 21.5. The Kier molecular flexibility index (Phi) is 17.2. The number of halogens is 1. The van der Waals surface area contributed by atoms with E-state index < -0.39 is 84.9 Å². The number of hydrogen-bond acceptors (Lipinski definition) is 14. The molecule has 5 saturated heterocycles. The van der Waals surface area contributed by atoms with Crippen LogP contribution >= 0.6 is 35.2 Å². The van der Waals surface area contributed by atoms with E-state index in [1.807, 2.05) is 22.6 Å². The lowest BCUT2D eigenvalue weighted by molar-refractivity contribution is -0.273. The number of aliphatic hydroxyl groups is 5. The molecule has 0 amide bonds. The summed E-state index contributed by atoms with van der Waals surface area (Å²) in [6.07, 6.45) is -2.20. The van der Waals surface area contributed by atoms with Crippen molar-refractivity contribution in [2.45, 2.75) is 174 Å². The van der Waals surface area contributed by atoms with E-state index in [1.165, 1.54) is 13.2 Å². The van der Waals surface area contributed by atoms with Crippen molar-refractivity contribution in [3.63, 3.8) is 0 Å². The first kappa shape index (κ1) is 45.3. The maximum atomic E-state index is 14.1. The minimum absolute atomic E-state index is 0.0102. The molecule has 0 bridgehead atoms. The molecule has 5 aliphatic rings. The molecule has 0 aliphatic carbocycles. The number of rotatable bonds is 18. The summed E-state index contributed by atoms with van der Waals surface area (Å²) in [5.41, 5.74) is 1.98. The summed E-state index contributed by atoms with van der Waals surface area (Å²) in [7, 11) is 1.53. The Balaban J connectivity index is 1.24. The number of carbonyl (C=O) groups is 2. The number of hydrogen-bond donors (Lipinski definition) is 6. The van der Waals surface area contributed by atoms with Crippen LogP contribution in [0.15, 0.2) is 34.5 Å². The highest BCUT2D eigenvalue weighted by Crippen LogP contribution is 2.43. The lowest BCUT2D eigenvalue weighted by Gasteiger charge is -2.47. The normalized spacial score (nSPS) is 41.3. The molecule has 0 aromatic carbocycles. The van der Waals surface area contributed by atoms with Crippen LogP contribution in [0.3, 0.4) is 0 Å². The third kappa shape index (κ3) is 11.1. The Morgan fingerprint density at radius 3 is 2.44 bits per heavy atom. The highest BCUT2D eigenvalue weighted by atomic mass is 127. The van der Waals surface area contributed by atoms with E-state index in [4.69, 9.17) is 41.0 Å². The number of aldehydes is 1. The quantitative estimate of drug-likeness (QED) is 0.0511. The molecule has 5 N–H and O–H groups in total. The smallest absolute Gasteiger partial charge is 0.148 e. The molecule has 0 saturated carbocycles. The molecular formula is C40H61IO13S. The second-order valence-electron chi connectivity index (χ2n) is 16.0. The Labute approximate surface area is 343 Å². The van der Waals surface area contributed by atoms with Gasteiger partial charge in [0, 0.05) is 38.7 Å². The Morgan fingerprint density at radius 2 is 1.75 bits per heavy atom. The maximum Gasteiger partial charge on any atom is 0.148 e. The lowest BCUT2D eigenvalue weighted by Crippen LogP contribution is -2.63. The molecule has 0 radical (unpaired) electrons. The second kappa shape index (κ2) is 20.9. The fourth-order valence-electron chi connectivity index (χ4n) is 9.15. The largest absolute Gasteiger partial charge is 0.394 e. The van der Waals surface area contributed by atoms with Crippen LogP contribution in [0.2, 0.25) is 0 Å². The van der Waals surface area contributed by atoms with E-state index in [9.17, 15) is 35.1 Å². The van der Waals surface area contributed by atoms with Crippen LogP contribution in [0.25, 0.3) is 0 Å². The molecule has 5 heterocycles. The predicted octanol–water partition coefficient (Wildman–Crippen LogP) is 2.95. The molecule has 0 aromatic heterocycles. The summed E-state index contributed by atoms with van der Waals surface area (Å²) >= 11 is 6.85. The van der Waals surface area contributed by atoms with Gasteiger partial charge in [-0.1, -0.05) is 42.7 Å². The standard InChI is InChI=1S/C40H61IO13S/c1-20-14-25(7-9-29-21(2)15-24(50-29)6-5-13-42)51-31(22(20)3)18-32-34(38(49-4)33(53-32)16-23(44)19-43)40(55)28(46)17-26-8-10-30-39(52-26)36(48)35(47)37(54-30)27(45)11-12-41/h11-13,20,23-27,29-40,43-45,47-48,55H,2-3,5-10,14-19H2,1,4H3/b12-11+/t20?,23?,24?,25?,26-,27?,29+,30+,31?,32+,33-,34?,35+,36-,37?,38+,39?,40?/m1/s1. The van der Waals surface area contributed by atoms with Gasteiger partial charge in [0.1, 0.15) is 42.6 Å². The van der Waals surface area contributed by atoms with Gasteiger partial charge in [-0.15, -0.1) is 0 Å². The molecule has 10 unspecified atom stereocenters. The van der Waals surface area contributed by atoms with Crippen molar-refractivity contribution >= 4 is 47.3 Å². The van der Waals surface area contributed by atoms with Gasteiger partial charge in [-0.25, -0.2) is 0 Å². The summed E-state index contributed by atoms with van der Waals surface area (Å²) in [5, 5.41) is 51.3. The molecule has 15 heteroatoms. The highest BCUT2D eigenvalue weighted by Gasteiger charge is 2.53. The zero-order valence-corrected chi connectivity index (χ0v) is 34.9. The van der Waals surface area contributed by atoms with Crippen LogP contribution < -0.4 is 0 Å². The summed E-state index contributed by atoms with van der Waals surface area (Å²) in [6.45, 7) is 10.3. The van der Waals surface area contributed by atoms with Crippen molar-refractivity contribution in [2.24, 2.45) is 11.8 Å². The maximum absolute atomic E-state index is 14.1. The SMILES string of the molecule is C=C1C(C)CC(CC[C@@H]2OC(CCC=O)CC2=C)OC1C[C@@H]1O[C@H](CC(O)CO)[C@H](OC)C1C(S)C(=O)C[C@H]1CC[C@@H]2OC(C(O)/C=C/I)[C@@H](O)[C@@H](O)C2O1. The van der Waals surface area contributed by atoms with Gasteiger partial charge >= 0.3 is 0 Å². The van der Waals surface area contributed by atoms with Gasteiger partial charge in [0.2, 0.25) is 0 Å². The number of ether oxygens (including phenoxy) is 6. The predicted molar refractivity (Wildman–Crippen MR) is 214 cm³/mol. The van der Waals surface area contributed by atoms with Crippen molar-refractivity contribution in [3.05, 3.63) is 34.5 Å². The molecular weight excluding hydrogens is 847 g/mol. The van der Waals surface area contributed by atoms with Gasteiger partial charge in [0.05, 0.1) is 72.9 Å². The summed E-state index contributed by atoms with van der Waals surface area (Å²) in [5.74, 6) is -0.584. The van der Waals surface area contributed by atoms with E-state index >= 15 is 0 Å². The minimum atomic E-state index is -1.39. The van der Waals surface area contributed by atoms with Crippen LogP contribution in [0.5, 0.6) is 0 Å². The Morgan fingerprint density at radius 1 is 1.00 bits per heavy atom. The Bertz CT molecular complexity index is 1330. The highest BCUT2D eigenvalue weighted by molar-refractivity contribution is 14.1. The fraction of sp³-hybridized carbons (Fsp3) is 0.800. The van der Waals surface area contributed by atoms with E-state index in [1.54, 1.807) is 4.08 Å². The van der Waals surface area contributed by atoms with Gasteiger partial charge in [-0.3, -0.25) is 4.79 Å². The van der Waals surface area contributed by atoms with E-state index in [0.29, 0.717) is 32.1 Å². The van der Waals surface area contributed by atoms with E-state index in [-0.39, 0.29) is 49.0 Å². The third-order valence-corrected chi connectivity index (χ3v) is 13.3. The first-order chi connectivity index (χ1) is 26.3. The van der Waals surface area contributed by atoms with Crippen LogP contribution in [0.4, 0.5) is 0 Å². The third-order valence-electron chi connectivity index (χ3n) is 12.2. The zero-order chi connectivity index (χ0) is 40.0. The summed E-state index contributed by atoms with van der Waals surface area (Å²) < 4.78 is 39.2. The van der Waals surface area contributed by atoms with Gasteiger partial charge in [-0.2, -0.15) is 12.6 Å². The monoisotopic (exact) mass is 908 g/mol. The topological polar surface area (TPSA) is 191 Å². The van der Waals surface area contributed by atoms with Crippen molar-refractivity contribution in [1.82, 2.24) is 0 Å². The van der Waals surface area contributed by atoms with Gasteiger partial charge in [0.15, 0.2) is 0 Å². The molecule has 5 fully saturated rings. The molecule has 0 aromatic rings. The molecule has 5 rings (SSSR count).